The van der Waals surface area contributed by atoms with Gasteiger partial charge in [-0.25, -0.2) is 4.39 Å². The van der Waals surface area contributed by atoms with Crippen LogP contribution in [0, 0.1) is 5.82 Å². The topological polar surface area (TPSA) is 9.23 Å². The van der Waals surface area contributed by atoms with Crippen molar-refractivity contribution in [2.24, 2.45) is 0 Å². The van der Waals surface area contributed by atoms with Gasteiger partial charge in [-0.2, -0.15) is 0 Å². The summed E-state index contributed by atoms with van der Waals surface area (Å²) < 4.78 is 19.5. The highest BCUT2D eigenvalue weighted by Crippen LogP contribution is 2.30. The number of rotatable bonds is 4. The molecular weight excluding hydrogens is 315 g/mol. The second-order valence-corrected chi connectivity index (χ2v) is 5.56. The van der Waals surface area contributed by atoms with Gasteiger partial charge < -0.3 is 4.74 Å². The largest absolute Gasteiger partial charge is 0.496 e. The molecule has 0 N–H and O–H groups in total. The second kappa shape index (κ2) is 6.25. The molecule has 94 valence electrons. The van der Waals surface area contributed by atoms with Crippen LogP contribution < -0.4 is 4.74 Å². The molecule has 2 rings (SSSR count). The summed E-state index contributed by atoms with van der Waals surface area (Å²) >= 11 is 4.93. The van der Waals surface area contributed by atoms with Gasteiger partial charge in [0, 0.05) is 10.6 Å². The summed E-state index contributed by atoms with van der Waals surface area (Å²) in [6.07, 6.45) is 0. The van der Waals surface area contributed by atoms with E-state index in [0.29, 0.717) is 4.90 Å². The third kappa shape index (κ3) is 3.27. The van der Waals surface area contributed by atoms with Crippen LogP contribution in [0.5, 0.6) is 5.75 Å². The lowest BCUT2D eigenvalue weighted by atomic mass is 10.2. The minimum Gasteiger partial charge on any atom is -0.496 e. The van der Waals surface area contributed by atoms with E-state index in [4.69, 9.17) is 4.74 Å². The number of halogens is 2. The summed E-state index contributed by atoms with van der Waals surface area (Å²) in [6, 6.07) is 12.7. The van der Waals surface area contributed by atoms with Crippen LogP contribution in [-0.2, 0) is 5.75 Å². The minimum atomic E-state index is -0.171. The van der Waals surface area contributed by atoms with Crippen molar-refractivity contribution < 1.29 is 9.13 Å². The first-order chi connectivity index (χ1) is 8.70. The molecule has 0 amide bonds. The van der Waals surface area contributed by atoms with Crippen LogP contribution in [0.4, 0.5) is 4.39 Å². The molecule has 1 nitrogen and oxygen atoms in total. The van der Waals surface area contributed by atoms with Gasteiger partial charge in [0.05, 0.1) is 11.6 Å². The average molecular weight is 327 g/mol. The first-order valence-electron chi connectivity index (χ1n) is 5.40. The smallest absolute Gasteiger partial charge is 0.136 e. The fourth-order valence-electron chi connectivity index (χ4n) is 1.52. The lowest BCUT2D eigenvalue weighted by Crippen LogP contribution is -1.87. The highest BCUT2D eigenvalue weighted by Gasteiger charge is 2.04. The van der Waals surface area contributed by atoms with Gasteiger partial charge in [-0.15, -0.1) is 11.8 Å². The molecular formula is C14H12BrFOS. The summed E-state index contributed by atoms with van der Waals surface area (Å²) in [5.41, 5.74) is 1.12. The third-order valence-electron chi connectivity index (χ3n) is 2.45. The molecule has 0 saturated carbocycles. The van der Waals surface area contributed by atoms with Crippen LogP contribution in [0.1, 0.15) is 5.56 Å². The zero-order valence-electron chi connectivity index (χ0n) is 9.82. The van der Waals surface area contributed by atoms with Crippen LogP contribution in [0.25, 0.3) is 0 Å². The molecule has 0 aliphatic heterocycles. The molecule has 0 aliphatic rings. The van der Waals surface area contributed by atoms with Gasteiger partial charge in [0.15, 0.2) is 0 Å². The summed E-state index contributed by atoms with van der Waals surface area (Å²) in [7, 11) is 1.63. The SMILES string of the molecule is COc1ccc(CSc2ccccc2F)cc1Br. The van der Waals surface area contributed by atoms with Crippen LogP contribution in [0.2, 0.25) is 0 Å². The van der Waals surface area contributed by atoms with Crippen LogP contribution in [-0.4, -0.2) is 7.11 Å². The Bertz CT molecular complexity index is 545. The van der Waals surface area contributed by atoms with Crippen molar-refractivity contribution >= 4 is 27.7 Å². The van der Waals surface area contributed by atoms with Crippen molar-refractivity contribution in [1.29, 1.82) is 0 Å². The lowest BCUT2D eigenvalue weighted by molar-refractivity contribution is 0.412. The van der Waals surface area contributed by atoms with Gasteiger partial charge in [-0.3, -0.25) is 0 Å². The van der Waals surface area contributed by atoms with E-state index in [2.05, 4.69) is 15.9 Å². The monoisotopic (exact) mass is 326 g/mol. The minimum absolute atomic E-state index is 0.171. The number of benzene rings is 2. The van der Waals surface area contributed by atoms with E-state index in [1.165, 1.54) is 17.8 Å². The molecule has 0 aromatic heterocycles. The molecule has 0 fully saturated rings. The van der Waals surface area contributed by atoms with E-state index < -0.39 is 0 Å². The van der Waals surface area contributed by atoms with Gasteiger partial charge in [0.2, 0.25) is 0 Å². The Morgan fingerprint density at radius 1 is 1.22 bits per heavy atom. The predicted octanol–water partition coefficient (Wildman–Crippen LogP) is 4.89. The second-order valence-electron chi connectivity index (χ2n) is 3.69. The molecule has 0 saturated heterocycles. The van der Waals surface area contributed by atoms with Crippen molar-refractivity contribution in [3.8, 4) is 5.75 Å². The summed E-state index contributed by atoms with van der Waals surface area (Å²) in [5.74, 6) is 1.36. The molecule has 0 aliphatic carbocycles. The zero-order valence-corrected chi connectivity index (χ0v) is 12.2. The van der Waals surface area contributed by atoms with Gasteiger partial charge >= 0.3 is 0 Å². The van der Waals surface area contributed by atoms with Gasteiger partial charge in [0.25, 0.3) is 0 Å². The Labute approximate surface area is 118 Å². The lowest BCUT2D eigenvalue weighted by Gasteiger charge is -2.06. The van der Waals surface area contributed by atoms with E-state index in [9.17, 15) is 4.39 Å². The summed E-state index contributed by atoms with van der Waals surface area (Å²) in [4.78, 5) is 0.671. The number of ether oxygens (including phenoxy) is 1. The molecule has 18 heavy (non-hydrogen) atoms. The average Bonchev–Trinajstić information content (AvgIpc) is 2.38. The highest BCUT2D eigenvalue weighted by molar-refractivity contribution is 9.10. The van der Waals surface area contributed by atoms with Crippen molar-refractivity contribution in [3.63, 3.8) is 0 Å². The quantitative estimate of drug-likeness (QED) is 0.740. The molecule has 0 heterocycles. The van der Waals surface area contributed by atoms with Crippen molar-refractivity contribution in [3.05, 3.63) is 58.3 Å². The Morgan fingerprint density at radius 2 is 2.00 bits per heavy atom. The molecule has 0 unspecified atom stereocenters. The van der Waals surface area contributed by atoms with Crippen molar-refractivity contribution in [2.75, 3.05) is 7.11 Å². The molecule has 0 atom stereocenters. The maximum Gasteiger partial charge on any atom is 0.136 e. The Hall–Kier alpha value is -1.00. The maximum atomic E-state index is 13.4. The summed E-state index contributed by atoms with van der Waals surface area (Å²) in [5, 5.41) is 0. The first kappa shape index (κ1) is 13.4. The molecule has 0 spiro atoms. The van der Waals surface area contributed by atoms with E-state index in [1.54, 1.807) is 19.2 Å². The molecule has 0 radical (unpaired) electrons. The standard InChI is InChI=1S/C14H12BrFOS/c1-17-13-7-6-10(8-11(13)15)9-18-14-5-3-2-4-12(14)16/h2-8H,9H2,1H3. The molecule has 0 bridgehead atoms. The number of methoxy groups -OCH3 is 1. The fourth-order valence-corrected chi connectivity index (χ4v) is 2.99. The number of hydrogen-bond donors (Lipinski definition) is 0. The van der Waals surface area contributed by atoms with E-state index >= 15 is 0 Å². The van der Waals surface area contributed by atoms with E-state index in [-0.39, 0.29) is 5.82 Å². The van der Waals surface area contributed by atoms with Crippen LogP contribution >= 0.6 is 27.7 Å². The fraction of sp³-hybridized carbons (Fsp3) is 0.143. The normalized spacial score (nSPS) is 10.4. The maximum absolute atomic E-state index is 13.4. The Balaban J connectivity index is 2.07. The molecule has 2 aromatic carbocycles. The van der Waals surface area contributed by atoms with E-state index in [1.807, 2.05) is 24.3 Å². The van der Waals surface area contributed by atoms with Gasteiger partial charge in [-0.05, 0) is 45.8 Å². The van der Waals surface area contributed by atoms with Crippen LogP contribution in [0.3, 0.4) is 0 Å². The number of hydrogen-bond acceptors (Lipinski definition) is 2. The van der Waals surface area contributed by atoms with Gasteiger partial charge in [-0.1, -0.05) is 18.2 Å². The highest BCUT2D eigenvalue weighted by atomic mass is 79.9. The zero-order chi connectivity index (χ0) is 13.0. The predicted molar refractivity (Wildman–Crippen MR) is 76.7 cm³/mol. The number of thioether (sulfide) groups is 1. The van der Waals surface area contributed by atoms with Crippen LogP contribution in [0.15, 0.2) is 51.8 Å². The van der Waals surface area contributed by atoms with Crippen molar-refractivity contribution in [1.82, 2.24) is 0 Å². The van der Waals surface area contributed by atoms with Gasteiger partial charge in [0.1, 0.15) is 11.6 Å². The molecule has 2 aromatic rings. The van der Waals surface area contributed by atoms with Crippen molar-refractivity contribution in [2.45, 2.75) is 10.6 Å². The summed E-state index contributed by atoms with van der Waals surface area (Å²) in [6.45, 7) is 0. The Kier molecular flexibility index (Phi) is 4.66. The molecule has 4 heteroatoms. The van der Waals surface area contributed by atoms with E-state index in [0.717, 1.165) is 21.5 Å². The first-order valence-corrected chi connectivity index (χ1v) is 7.18. The third-order valence-corrected chi connectivity index (χ3v) is 4.19. The Morgan fingerprint density at radius 3 is 2.67 bits per heavy atom.